The summed E-state index contributed by atoms with van der Waals surface area (Å²) in [5, 5.41) is 0. The summed E-state index contributed by atoms with van der Waals surface area (Å²) in [7, 11) is 0. The standard InChI is InChI=1S/C19H18N2O4/c1-2-18(22)20-9-11-21(12-10-20)19(23)6-4-3-5-15-7-8-16-17(13-15)25-14-24-16/h1,3-8,13H,9-12,14H2/b5-3+,6-4+. The lowest BCUT2D eigenvalue weighted by Crippen LogP contribution is -2.49. The Balaban J connectivity index is 1.50. The molecular weight excluding hydrogens is 320 g/mol. The molecule has 0 unspecified atom stereocenters. The molecule has 25 heavy (non-hydrogen) atoms. The van der Waals surface area contributed by atoms with Crippen LogP contribution in [-0.4, -0.2) is 54.6 Å². The zero-order valence-corrected chi connectivity index (χ0v) is 13.7. The number of ether oxygens (including phenoxy) is 2. The van der Waals surface area contributed by atoms with Crippen molar-refractivity contribution in [3.05, 3.63) is 42.0 Å². The number of rotatable bonds is 3. The minimum Gasteiger partial charge on any atom is -0.454 e. The van der Waals surface area contributed by atoms with E-state index in [4.69, 9.17) is 15.9 Å². The number of amides is 2. The Hall–Kier alpha value is -3.20. The largest absolute Gasteiger partial charge is 0.454 e. The zero-order chi connectivity index (χ0) is 17.6. The number of hydrogen-bond acceptors (Lipinski definition) is 4. The fraction of sp³-hybridized carbons (Fsp3) is 0.263. The van der Waals surface area contributed by atoms with Gasteiger partial charge in [0.15, 0.2) is 11.5 Å². The number of hydrogen-bond donors (Lipinski definition) is 0. The first-order valence-electron chi connectivity index (χ1n) is 7.96. The predicted octanol–water partition coefficient (Wildman–Crippen LogP) is 1.29. The molecule has 0 bridgehead atoms. The van der Waals surface area contributed by atoms with E-state index in [1.54, 1.807) is 22.0 Å². The third kappa shape index (κ3) is 4.01. The number of carbonyl (C=O) groups excluding carboxylic acids is 2. The van der Waals surface area contributed by atoms with Crippen LogP contribution in [0.2, 0.25) is 0 Å². The average Bonchev–Trinajstić information content (AvgIpc) is 3.12. The Labute approximate surface area is 146 Å². The van der Waals surface area contributed by atoms with Gasteiger partial charge in [0.1, 0.15) is 0 Å². The summed E-state index contributed by atoms with van der Waals surface area (Å²) in [5.41, 5.74) is 0.961. The maximum absolute atomic E-state index is 12.1. The first-order valence-corrected chi connectivity index (χ1v) is 7.96. The van der Waals surface area contributed by atoms with Crippen LogP contribution in [-0.2, 0) is 9.59 Å². The van der Waals surface area contributed by atoms with Crippen molar-refractivity contribution in [1.29, 1.82) is 0 Å². The molecule has 3 rings (SSSR count). The van der Waals surface area contributed by atoms with Gasteiger partial charge in [-0.25, -0.2) is 0 Å². The smallest absolute Gasteiger partial charge is 0.298 e. The van der Waals surface area contributed by atoms with Crippen LogP contribution in [0.25, 0.3) is 6.08 Å². The Morgan fingerprint density at radius 2 is 1.76 bits per heavy atom. The van der Waals surface area contributed by atoms with Crippen LogP contribution >= 0.6 is 0 Å². The summed E-state index contributed by atoms with van der Waals surface area (Å²) in [4.78, 5) is 26.8. The molecular formula is C19H18N2O4. The molecule has 2 aliphatic heterocycles. The lowest BCUT2D eigenvalue weighted by molar-refractivity contribution is -0.133. The fourth-order valence-corrected chi connectivity index (χ4v) is 2.65. The van der Waals surface area contributed by atoms with Crippen molar-refractivity contribution in [1.82, 2.24) is 9.80 Å². The van der Waals surface area contributed by atoms with Crippen LogP contribution in [0.5, 0.6) is 11.5 Å². The van der Waals surface area contributed by atoms with E-state index in [-0.39, 0.29) is 18.6 Å². The van der Waals surface area contributed by atoms with Crippen molar-refractivity contribution in [3.63, 3.8) is 0 Å². The monoisotopic (exact) mass is 338 g/mol. The minimum atomic E-state index is -0.325. The summed E-state index contributed by atoms with van der Waals surface area (Å²) in [6.45, 7) is 2.16. The van der Waals surface area contributed by atoms with E-state index in [2.05, 4.69) is 5.92 Å². The molecule has 0 spiro atoms. The Bertz CT molecular complexity index is 768. The van der Waals surface area contributed by atoms with Gasteiger partial charge in [-0.1, -0.05) is 24.3 Å². The van der Waals surface area contributed by atoms with Gasteiger partial charge in [0.25, 0.3) is 5.91 Å². The molecule has 6 heteroatoms. The van der Waals surface area contributed by atoms with Gasteiger partial charge in [-0.3, -0.25) is 9.59 Å². The summed E-state index contributed by atoms with van der Waals surface area (Å²) in [6.07, 6.45) is 12.0. The highest BCUT2D eigenvalue weighted by Gasteiger charge is 2.21. The van der Waals surface area contributed by atoms with Crippen LogP contribution in [0.4, 0.5) is 0 Å². The number of terminal acetylenes is 1. The number of allylic oxidation sites excluding steroid dienone is 2. The maximum atomic E-state index is 12.1. The topological polar surface area (TPSA) is 59.1 Å². The molecule has 1 saturated heterocycles. The fourth-order valence-electron chi connectivity index (χ4n) is 2.65. The van der Waals surface area contributed by atoms with Crippen molar-refractivity contribution in [2.75, 3.05) is 33.0 Å². The maximum Gasteiger partial charge on any atom is 0.298 e. The molecule has 0 aromatic heterocycles. The van der Waals surface area contributed by atoms with Gasteiger partial charge < -0.3 is 19.3 Å². The van der Waals surface area contributed by atoms with Crippen molar-refractivity contribution in [2.45, 2.75) is 0 Å². The average molecular weight is 338 g/mol. The van der Waals surface area contributed by atoms with E-state index >= 15 is 0 Å². The first kappa shape index (κ1) is 16.7. The van der Waals surface area contributed by atoms with E-state index in [9.17, 15) is 9.59 Å². The van der Waals surface area contributed by atoms with Crippen molar-refractivity contribution < 1.29 is 19.1 Å². The zero-order valence-electron chi connectivity index (χ0n) is 13.7. The van der Waals surface area contributed by atoms with E-state index in [1.807, 2.05) is 24.3 Å². The van der Waals surface area contributed by atoms with Gasteiger partial charge in [0.05, 0.1) is 0 Å². The van der Waals surface area contributed by atoms with Gasteiger partial charge in [-0.2, -0.15) is 0 Å². The van der Waals surface area contributed by atoms with Gasteiger partial charge in [0.2, 0.25) is 12.7 Å². The lowest BCUT2D eigenvalue weighted by Gasteiger charge is -2.33. The van der Waals surface area contributed by atoms with Crippen LogP contribution in [0.1, 0.15) is 5.56 Å². The van der Waals surface area contributed by atoms with Crippen molar-refractivity contribution in [2.24, 2.45) is 0 Å². The summed E-state index contributed by atoms with van der Waals surface area (Å²) < 4.78 is 10.6. The Morgan fingerprint density at radius 1 is 1.04 bits per heavy atom. The minimum absolute atomic E-state index is 0.0804. The Morgan fingerprint density at radius 3 is 2.52 bits per heavy atom. The van der Waals surface area contributed by atoms with Crippen LogP contribution in [0.3, 0.4) is 0 Å². The molecule has 128 valence electrons. The van der Waals surface area contributed by atoms with Crippen molar-refractivity contribution >= 4 is 17.9 Å². The number of piperazine rings is 1. The van der Waals surface area contributed by atoms with E-state index in [0.29, 0.717) is 26.2 Å². The third-order valence-electron chi connectivity index (χ3n) is 4.04. The van der Waals surface area contributed by atoms with Crippen LogP contribution < -0.4 is 9.47 Å². The SMILES string of the molecule is C#CC(=O)N1CCN(C(=O)/C=C/C=C/c2ccc3c(c2)OCO3)CC1. The summed E-state index contributed by atoms with van der Waals surface area (Å²) in [6, 6.07) is 5.66. The number of nitrogens with zero attached hydrogens (tertiary/aromatic N) is 2. The van der Waals surface area contributed by atoms with Gasteiger partial charge in [0, 0.05) is 32.3 Å². The second kappa shape index (κ2) is 7.58. The molecule has 0 N–H and O–H groups in total. The highest BCUT2D eigenvalue weighted by atomic mass is 16.7. The lowest BCUT2D eigenvalue weighted by atomic mass is 10.2. The van der Waals surface area contributed by atoms with Crippen LogP contribution in [0.15, 0.2) is 36.4 Å². The molecule has 1 aromatic carbocycles. The van der Waals surface area contributed by atoms with Gasteiger partial charge >= 0.3 is 0 Å². The van der Waals surface area contributed by atoms with Crippen LogP contribution in [0, 0.1) is 12.3 Å². The molecule has 2 amide bonds. The summed E-state index contributed by atoms with van der Waals surface area (Å²) in [5.74, 6) is 3.15. The molecule has 1 aromatic rings. The van der Waals surface area contributed by atoms with E-state index in [1.165, 1.54) is 6.08 Å². The quantitative estimate of drug-likeness (QED) is 0.473. The molecule has 6 nitrogen and oxygen atoms in total. The Kier molecular flexibility index (Phi) is 5.05. The molecule has 0 saturated carbocycles. The predicted molar refractivity (Wildman–Crippen MR) is 92.7 cm³/mol. The van der Waals surface area contributed by atoms with Gasteiger partial charge in [-0.05, 0) is 23.6 Å². The first-order chi connectivity index (χ1) is 12.2. The van der Waals surface area contributed by atoms with E-state index in [0.717, 1.165) is 17.1 Å². The van der Waals surface area contributed by atoms with Gasteiger partial charge in [-0.15, -0.1) is 6.42 Å². The molecule has 0 atom stereocenters. The summed E-state index contributed by atoms with van der Waals surface area (Å²) >= 11 is 0. The highest BCUT2D eigenvalue weighted by molar-refractivity contribution is 5.93. The number of carbonyl (C=O) groups is 2. The second-order valence-electron chi connectivity index (χ2n) is 5.59. The van der Waals surface area contributed by atoms with E-state index < -0.39 is 0 Å². The normalized spacial score (nSPS) is 16.4. The third-order valence-corrected chi connectivity index (χ3v) is 4.04. The molecule has 1 fully saturated rings. The molecule has 2 heterocycles. The molecule has 0 aliphatic carbocycles. The number of fused-ring (bicyclic) bond motifs is 1. The number of benzene rings is 1. The second-order valence-corrected chi connectivity index (χ2v) is 5.59. The highest BCUT2D eigenvalue weighted by Crippen LogP contribution is 2.32. The van der Waals surface area contributed by atoms with Crippen molar-refractivity contribution in [3.8, 4) is 23.8 Å². The molecule has 0 radical (unpaired) electrons. The molecule has 2 aliphatic rings.